The van der Waals surface area contributed by atoms with Gasteiger partial charge < -0.3 is 49.0 Å². The van der Waals surface area contributed by atoms with Gasteiger partial charge in [-0.3, -0.25) is 24.2 Å². The highest BCUT2D eigenvalue weighted by Crippen LogP contribution is 2.19. The molecule has 13 N–H and O–H groups in total. The molecule has 16 heteroatoms. The number of nitrogens with one attached hydrogen (secondary N) is 4. The Bertz CT molecular complexity index is 1260. The Labute approximate surface area is 241 Å². The Morgan fingerprint density at radius 3 is 2.15 bits per heavy atom. The summed E-state index contributed by atoms with van der Waals surface area (Å²) in [4.78, 5) is 69.2. The van der Waals surface area contributed by atoms with Gasteiger partial charge in [-0.1, -0.05) is 18.2 Å². The number of guanidine groups is 1. The van der Waals surface area contributed by atoms with E-state index in [2.05, 4.69) is 38.6 Å². The summed E-state index contributed by atoms with van der Waals surface area (Å²) < 4.78 is 0. The third-order valence-electron chi connectivity index (χ3n) is 6.14. The first kappa shape index (κ1) is 32.9. The summed E-state index contributed by atoms with van der Waals surface area (Å²) in [6.45, 7) is 0.137. The molecule has 4 amide bonds. The number of H-pyrrole nitrogens is 1. The molecule has 0 spiro atoms. The second kappa shape index (κ2) is 16.1. The molecule has 15 nitrogen and oxygen atoms in total. The number of benzene rings is 1. The van der Waals surface area contributed by atoms with E-state index in [-0.39, 0.29) is 50.4 Å². The number of thiol groups is 1. The molecule has 0 saturated carbocycles. The number of hydrogen-bond acceptors (Lipinski definition) is 8. The van der Waals surface area contributed by atoms with E-state index in [1.165, 1.54) is 0 Å². The zero-order chi connectivity index (χ0) is 30.5. The van der Waals surface area contributed by atoms with Gasteiger partial charge in [0.2, 0.25) is 23.6 Å². The van der Waals surface area contributed by atoms with E-state index >= 15 is 0 Å². The second-order valence-electron chi connectivity index (χ2n) is 9.33. The largest absolute Gasteiger partial charge is 0.480 e. The van der Waals surface area contributed by atoms with E-state index in [0.29, 0.717) is 5.56 Å². The number of primary amides is 1. The number of carboxylic acids is 1. The molecule has 1 heterocycles. The maximum atomic E-state index is 13.3. The van der Waals surface area contributed by atoms with Crippen molar-refractivity contribution in [2.24, 2.45) is 27.9 Å². The van der Waals surface area contributed by atoms with E-state index in [9.17, 15) is 29.1 Å². The van der Waals surface area contributed by atoms with Gasteiger partial charge in [0.25, 0.3) is 0 Å². The summed E-state index contributed by atoms with van der Waals surface area (Å²) in [5.74, 6) is -4.40. The number of nitrogens with zero attached hydrogens (tertiary/aromatic N) is 1. The summed E-state index contributed by atoms with van der Waals surface area (Å²) >= 11 is 3.97. The van der Waals surface area contributed by atoms with E-state index in [1.54, 1.807) is 6.20 Å². The maximum absolute atomic E-state index is 13.3. The van der Waals surface area contributed by atoms with Crippen LogP contribution in [0.4, 0.5) is 0 Å². The molecule has 4 unspecified atom stereocenters. The number of para-hydroxylation sites is 1. The molecular weight excluding hydrogens is 554 g/mol. The molecule has 0 radical (unpaired) electrons. The SMILES string of the molecule is NC(=O)CCC(NC(=O)C(N)CS)C(=O)NC(CCCN=C(N)N)C(=O)NC(Cc1c[nH]c2ccccc12)C(=O)O. The Hall–Kier alpha value is -4.31. The van der Waals surface area contributed by atoms with Crippen LogP contribution in [0.1, 0.15) is 31.2 Å². The molecule has 2 aromatic rings. The number of carbonyl (C=O) groups excluding carboxylic acids is 4. The van der Waals surface area contributed by atoms with Crippen molar-refractivity contribution in [1.82, 2.24) is 20.9 Å². The van der Waals surface area contributed by atoms with Crippen molar-refractivity contribution in [2.75, 3.05) is 12.3 Å². The lowest BCUT2D eigenvalue weighted by atomic mass is 10.0. The molecule has 0 aliphatic rings. The Balaban J connectivity index is 2.23. The average molecular weight is 592 g/mol. The van der Waals surface area contributed by atoms with Gasteiger partial charge in [0.05, 0.1) is 6.04 Å². The van der Waals surface area contributed by atoms with Gasteiger partial charge in [-0.05, 0) is 30.9 Å². The first-order valence-corrected chi connectivity index (χ1v) is 13.4. The van der Waals surface area contributed by atoms with Crippen LogP contribution in [0, 0.1) is 0 Å². The van der Waals surface area contributed by atoms with Crippen LogP contribution in [0.15, 0.2) is 35.5 Å². The molecule has 0 bridgehead atoms. The zero-order valence-electron chi connectivity index (χ0n) is 22.3. The van der Waals surface area contributed by atoms with Crippen molar-refractivity contribution in [3.63, 3.8) is 0 Å². The monoisotopic (exact) mass is 591 g/mol. The third-order valence-corrected chi connectivity index (χ3v) is 6.53. The van der Waals surface area contributed by atoms with Crippen molar-refractivity contribution in [2.45, 2.75) is 56.3 Å². The second-order valence-corrected chi connectivity index (χ2v) is 9.69. The van der Waals surface area contributed by atoms with Gasteiger partial charge in [-0.15, -0.1) is 0 Å². The van der Waals surface area contributed by atoms with E-state index in [4.69, 9.17) is 22.9 Å². The number of aromatic amines is 1. The molecule has 1 aromatic carbocycles. The van der Waals surface area contributed by atoms with Crippen LogP contribution in [0.5, 0.6) is 0 Å². The van der Waals surface area contributed by atoms with Crippen molar-refractivity contribution < 1.29 is 29.1 Å². The standard InChI is InChI=1S/C25H37N9O6S/c26-15(12-41)21(36)32-18(7-8-20(27)35)23(38)33-17(6-3-9-30-25(28)29)22(37)34-19(24(39)40)10-13-11-31-16-5-2-1-4-14(13)16/h1-2,4-5,11,15,17-19,31,41H,3,6-10,12,26H2,(H2,27,35)(H,32,36)(H,33,38)(H,34,37)(H,39,40)(H4,28,29,30). The first-order valence-electron chi connectivity index (χ1n) is 12.8. The predicted molar refractivity (Wildman–Crippen MR) is 156 cm³/mol. The molecule has 2 rings (SSSR count). The normalized spacial score (nSPS) is 13.8. The Morgan fingerprint density at radius 2 is 1.54 bits per heavy atom. The van der Waals surface area contributed by atoms with Crippen LogP contribution >= 0.6 is 12.6 Å². The number of rotatable bonds is 17. The van der Waals surface area contributed by atoms with Gasteiger partial charge in [0, 0.05) is 42.2 Å². The minimum Gasteiger partial charge on any atom is -0.480 e. The van der Waals surface area contributed by atoms with Crippen molar-refractivity contribution in [1.29, 1.82) is 0 Å². The summed E-state index contributed by atoms with van der Waals surface area (Å²) in [5, 5.41) is 18.1. The minimum absolute atomic E-state index is 0.00117. The fourth-order valence-electron chi connectivity index (χ4n) is 3.95. The highest BCUT2D eigenvalue weighted by molar-refractivity contribution is 7.80. The van der Waals surface area contributed by atoms with Crippen molar-refractivity contribution >= 4 is 59.1 Å². The van der Waals surface area contributed by atoms with Crippen LogP contribution in [0.25, 0.3) is 10.9 Å². The molecule has 0 aliphatic heterocycles. The molecular formula is C25H37N9O6S. The summed E-state index contributed by atoms with van der Waals surface area (Å²) in [7, 11) is 0. The summed E-state index contributed by atoms with van der Waals surface area (Å²) in [5.41, 5.74) is 23.1. The summed E-state index contributed by atoms with van der Waals surface area (Å²) in [6, 6.07) is 2.48. The number of carboxylic acid groups (broad SMARTS) is 1. The smallest absolute Gasteiger partial charge is 0.326 e. The number of aliphatic imine (C=N–C) groups is 1. The number of nitrogens with two attached hydrogens (primary N) is 4. The van der Waals surface area contributed by atoms with Gasteiger partial charge in [0.15, 0.2) is 5.96 Å². The number of aliphatic carboxylic acids is 1. The van der Waals surface area contributed by atoms with Crippen LogP contribution < -0.4 is 38.9 Å². The Kier molecular flexibility index (Phi) is 12.9. The topological polar surface area (TPSA) is 274 Å². The number of amides is 4. The highest BCUT2D eigenvalue weighted by Gasteiger charge is 2.30. The van der Waals surface area contributed by atoms with E-state index in [0.717, 1.165) is 10.9 Å². The lowest BCUT2D eigenvalue weighted by Crippen LogP contribution is -2.57. The molecule has 0 saturated heterocycles. The third kappa shape index (κ3) is 10.6. The van der Waals surface area contributed by atoms with Crippen LogP contribution in [0.3, 0.4) is 0 Å². The van der Waals surface area contributed by atoms with Crippen LogP contribution in [-0.2, 0) is 30.4 Å². The number of hydrogen-bond donors (Lipinski definition) is 10. The fraction of sp³-hybridized carbons (Fsp3) is 0.440. The molecule has 4 atom stereocenters. The predicted octanol–water partition coefficient (Wildman–Crippen LogP) is -2.17. The van der Waals surface area contributed by atoms with Crippen molar-refractivity contribution in [3.8, 4) is 0 Å². The molecule has 1 aromatic heterocycles. The zero-order valence-corrected chi connectivity index (χ0v) is 23.2. The average Bonchev–Trinajstić information content (AvgIpc) is 3.33. The minimum atomic E-state index is -1.32. The highest BCUT2D eigenvalue weighted by atomic mass is 32.1. The lowest BCUT2D eigenvalue weighted by Gasteiger charge is -2.25. The molecule has 224 valence electrons. The van der Waals surface area contributed by atoms with Gasteiger partial charge in [-0.2, -0.15) is 12.6 Å². The molecule has 0 aliphatic carbocycles. The van der Waals surface area contributed by atoms with Gasteiger partial charge in [-0.25, -0.2) is 4.79 Å². The Morgan fingerprint density at radius 1 is 0.927 bits per heavy atom. The summed E-state index contributed by atoms with van der Waals surface area (Å²) in [6.07, 6.45) is 1.52. The lowest BCUT2D eigenvalue weighted by molar-refractivity contribution is -0.142. The van der Waals surface area contributed by atoms with E-state index in [1.807, 2.05) is 24.3 Å². The van der Waals surface area contributed by atoms with Crippen LogP contribution in [-0.4, -0.2) is 82.1 Å². The maximum Gasteiger partial charge on any atom is 0.326 e. The number of fused-ring (bicyclic) bond motifs is 1. The van der Waals surface area contributed by atoms with Crippen molar-refractivity contribution in [3.05, 3.63) is 36.0 Å². The van der Waals surface area contributed by atoms with Gasteiger partial charge in [0.1, 0.15) is 18.1 Å². The molecule has 0 fully saturated rings. The fourth-order valence-corrected chi connectivity index (χ4v) is 4.12. The number of carbonyl (C=O) groups is 5. The quantitative estimate of drug-likeness (QED) is 0.0414. The van der Waals surface area contributed by atoms with Gasteiger partial charge >= 0.3 is 5.97 Å². The van der Waals surface area contributed by atoms with E-state index < -0.39 is 53.8 Å². The van der Waals surface area contributed by atoms with Crippen LogP contribution in [0.2, 0.25) is 0 Å². The molecule has 41 heavy (non-hydrogen) atoms. The first-order chi connectivity index (χ1) is 19.4. The number of aromatic nitrogens is 1.